The SMILES string of the molecule is Cc1cccc(N2Cc3nc(C45CC6CC(CC(C6)C4)C5)ccc3C2=S)c1. The van der Waals surface area contributed by atoms with Crippen LogP contribution in [-0.2, 0) is 12.0 Å². The first kappa shape index (κ1) is 16.2. The second kappa shape index (κ2) is 5.64. The lowest BCUT2D eigenvalue weighted by Crippen LogP contribution is -2.49. The van der Waals surface area contributed by atoms with Crippen LogP contribution in [0.3, 0.4) is 0 Å². The first-order chi connectivity index (χ1) is 13.1. The Morgan fingerprint density at radius 3 is 2.37 bits per heavy atom. The van der Waals surface area contributed by atoms with Gasteiger partial charge in [0.15, 0.2) is 0 Å². The van der Waals surface area contributed by atoms with Gasteiger partial charge in [-0.3, -0.25) is 4.98 Å². The zero-order valence-electron chi connectivity index (χ0n) is 15.9. The lowest BCUT2D eigenvalue weighted by Gasteiger charge is -2.56. The summed E-state index contributed by atoms with van der Waals surface area (Å²) in [4.78, 5) is 8.45. The van der Waals surface area contributed by atoms with E-state index in [1.807, 2.05) is 0 Å². The van der Waals surface area contributed by atoms with Crippen molar-refractivity contribution in [1.29, 1.82) is 0 Å². The molecule has 2 aromatic rings. The quantitative estimate of drug-likeness (QED) is 0.641. The fourth-order valence-corrected chi connectivity index (χ4v) is 7.26. The number of thiocarbonyl (C=S) groups is 1. The Labute approximate surface area is 167 Å². The molecule has 0 radical (unpaired) electrons. The normalized spacial score (nSPS) is 33.6. The van der Waals surface area contributed by atoms with Crippen LogP contribution in [0.15, 0.2) is 36.4 Å². The Morgan fingerprint density at radius 1 is 1.00 bits per heavy atom. The van der Waals surface area contributed by atoms with Crippen LogP contribution in [0, 0.1) is 24.7 Å². The number of aromatic nitrogens is 1. The summed E-state index contributed by atoms with van der Waals surface area (Å²) in [5.74, 6) is 2.86. The maximum Gasteiger partial charge on any atom is 0.115 e. The van der Waals surface area contributed by atoms with Gasteiger partial charge in [0, 0.05) is 22.4 Å². The predicted octanol–water partition coefficient (Wildman–Crippen LogP) is 5.55. The monoisotopic (exact) mass is 374 g/mol. The molecule has 0 amide bonds. The van der Waals surface area contributed by atoms with Crippen LogP contribution in [0.1, 0.15) is 61.0 Å². The van der Waals surface area contributed by atoms with Crippen LogP contribution in [0.2, 0.25) is 0 Å². The molecule has 5 aliphatic rings. The number of aryl methyl sites for hydroxylation is 1. The Morgan fingerprint density at radius 2 is 1.70 bits per heavy atom. The second-order valence-corrected chi connectivity index (χ2v) is 10.0. The van der Waals surface area contributed by atoms with Gasteiger partial charge in [0.1, 0.15) is 4.99 Å². The molecule has 2 heterocycles. The van der Waals surface area contributed by atoms with Crippen molar-refractivity contribution in [3.63, 3.8) is 0 Å². The predicted molar refractivity (Wildman–Crippen MR) is 113 cm³/mol. The molecule has 2 nitrogen and oxygen atoms in total. The summed E-state index contributed by atoms with van der Waals surface area (Å²) in [6, 6.07) is 13.2. The molecule has 4 bridgehead atoms. The van der Waals surface area contributed by atoms with Gasteiger partial charge >= 0.3 is 0 Å². The van der Waals surface area contributed by atoms with E-state index in [2.05, 4.69) is 48.2 Å². The van der Waals surface area contributed by atoms with Crippen molar-refractivity contribution in [1.82, 2.24) is 4.98 Å². The smallest absolute Gasteiger partial charge is 0.115 e. The van der Waals surface area contributed by atoms with Crippen molar-refractivity contribution in [2.45, 2.75) is 57.4 Å². The summed E-state index contributed by atoms with van der Waals surface area (Å²) in [6.07, 6.45) is 8.56. The van der Waals surface area contributed by atoms with E-state index in [1.165, 1.54) is 66.7 Å². The summed E-state index contributed by atoms with van der Waals surface area (Å²) < 4.78 is 0. The van der Waals surface area contributed by atoms with E-state index in [0.29, 0.717) is 5.41 Å². The number of pyridine rings is 1. The number of fused-ring (bicyclic) bond motifs is 1. The lowest BCUT2D eigenvalue weighted by atomic mass is 9.49. The van der Waals surface area contributed by atoms with Crippen molar-refractivity contribution in [3.05, 3.63) is 58.9 Å². The van der Waals surface area contributed by atoms with Gasteiger partial charge in [0.25, 0.3) is 0 Å². The summed E-state index contributed by atoms with van der Waals surface area (Å²) in [6.45, 7) is 2.96. The molecule has 0 unspecified atom stereocenters. The minimum absolute atomic E-state index is 0.363. The Hall–Kier alpha value is -1.74. The molecular formula is C24H26N2S. The van der Waals surface area contributed by atoms with E-state index in [1.54, 1.807) is 0 Å². The number of benzene rings is 1. The third-order valence-electron chi connectivity index (χ3n) is 7.65. The summed E-state index contributed by atoms with van der Waals surface area (Å²) >= 11 is 5.82. The maximum atomic E-state index is 5.82. The van der Waals surface area contributed by atoms with E-state index in [4.69, 9.17) is 17.2 Å². The summed E-state index contributed by atoms with van der Waals surface area (Å²) in [7, 11) is 0. The van der Waals surface area contributed by atoms with Gasteiger partial charge in [-0.1, -0.05) is 24.4 Å². The van der Waals surface area contributed by atoms with Gasteiger partial charge in [0.2, 0.25) is 0 Å². The third kappa shape index (κ3) is 2.44. The highest BCUT2D eigenvalue weighted by atomic mass is 32.1. The van der Waals surface area contributed by atoms with Crippen molar-refractivity contribution in [2.75, 3.05) is 4.90 Å². The molecule has 0 N–H and O–H groups in total. The van der Waals surface area contributed by atoms with Crippen LogP contribution in [0.4, 0.5) is 5.69 Å². The van der Waals surface area contributed by atoms with Crippen molar-refractivity contribution < 1.29 is 0 Å². The van der Waals surface area contributed by atoms with Crippen LogP contribution in [0.5, 0.6) is 0 Å². The maximum absolute atomic E-state index is 5.82. The molecule has 27 heavy (non-hydrogen) atoms. The van der Waals surface area contributed by atoms with Crippen LogP contribution >= 0.6 is 12.2 Å². The van der Waals surface area contributed by atoms with Gasteiger partial charge in [-0.2, -0.15) is 0 Å². The molecule has 1 aliphatic heterocycles. The lowest BCUT2D eigenvalue weighted by molar-refractivity contribution is -0.00727. The number of nitrogens with zero attached hydrogens (tertiary/aromatic N) is 2. The zero-order valence-corrected chi connectivity index (χ0v) is 16.8. The molecule has 138 valence electrons. The molecule has 1 aromatic heterocycles. The highest BCUT2D eigenvalue weighted by Gasteiger charge is 2.52. The Balaban J connectivity index is 1.36. The molecule has 0 saturated heterocycles. The van der Waals surface area contributed by atoms with Crippen molar-refractivity contribution >= 4 is 22.9 Å². The minimum Gasteiger partial charge on any atom is -0.326 e. The first-order valence-corrected chi connectivity index (χ1v) is 10.9. The molecule has 4 saturated carbocycles. The van der Waals surface area contributed by atoms with Crippen molar-refractivity contribution in [3.8, 4) is 0 Å². The van der Waals surface area contributed by atoms with Crippen LogP contribution in [0.25, 0.3) is 0 Å². The van der Waals surface area contributed by atoms with Crippen molar-refractivity contribution in [2.24, 2.45) is 17.8 Å². The minimum atomic E-state index is 0.363. The first-order valence-electron chi connectivity index (χ1n) is 10.5. The highest BCUT2D eigenvalue weighted by Crippen LogP contribution is 2.60. The van der Waals surface area contributed by atoms with Gasteiger partial charge in [-0.25, -0.2) is 0 Å². The fraction of sp³-hybridized carbons (Fsp3) is 0.500. The average molecular weight is 375 g/mol. The van der Waals surface area contributed by atoms with E-state index >= 15 is 0 Å². The van der Waals surface area contributed by atoms with Gasteiger partial charge in [-0.15, -0.1) is 0 Å². The molecular weight excluding hydrogens is 348 g/mol. The number of rotatable bonds is 2. The summed E-state index contributed by atoms with van der Waals surface area (Å²) in [5, 5.41) is 0. The highest BCUT2D eigenvalue weighted by molar-refractivity contribution is 7.81. The van der Waals surface area contributed by atoms with E-state index in [0.717, 1.165) is 29.3 Å². The van der Waals surface area contributed by atoms with E-state index in [9.17, 15) is 0 Å². The number of hydrogen-bond donors (Lipinski definition) is 0. The Bertz CT molecular complexity index is 912. The zero-order chi connectivity index (χ0) is 18.2. The largest absolute Gasteiger partial charge is 0.326 e. The molecule has 0 spiro atoms. The number of anilines is 1. The topological polar surface area (TPSA) is 16.1 Å². The summed E-state index contributed by atoms with van der Waals surface area (Å²) in [5.41, 5.74) is 6.55. The van der Waals surface area contributed by atoms with Gasteiger partial charge < -0.3 is 4.90 Å². The molecule has 3 heteroatoms. The standard InChI is InChI=1S/C24H26N2S/c1-15-3-2-4-19(7-15)26-14-21-20(23(26)27)5-6-22(25-21)24-11-16-8-17(12-24)10-18(9-16)13-24/h2-7,16-18H,8-14H2,1H3. The Kier molecular flexibility index (Phi) is 3.39. The van der Waals surface area contributed by atoms with Gasteiger partial charge in [0.05, 0.1) is 12.2 Å². The average Bonchev–Trinajstić information content (AvgIpc) is 2.97. The molecule has 0 atom stereocenters. The molecule has 4 fully saturated rings. The third-order valence-corrected chi connectivity index (χ3v) is 8.09. The van der Waals surface area contributed by atoms with Gasteiger partial charge in [-0.05, 0) is 93.0 Å². The van der Waals surface area contributed by atoms with Crippen LogP contribution in [-0.4, -0.2) is 9.97 Å². The van der Waals surface area contributed by atoms with E-state index in [-0.39, 0.29) is 0 Å². The molecule has 1 aromatic carbocycles. The fourth-order valence-electron chi connectivity index (χ4n) is 6.91. The van der Waals surface area contributed by atoms with Crippen LogP contribution < -0.4 is 4.90 Å². The number of hydrogen-bond acceptors (Lipinski definition) is 2. The van der Waals surface area contributed by atoms with E-state index < -0.39 is 0 Å². The molecule has 7 rings (SSSR count). The second-order valence-electron chi connectivity index (χ2n) is 9.62. The molecule has 4 aliphatic carbocycles.